The van der Waals surface area contributed by atoms with Gasteiger partial charge in [0.15, 0.2) is 12.0 Å². The number of nitrogens with zero attached hydrogens (tertiary/aromatic N) is 2. The van der Waals surface area contributed by atoms with Crippen molar-refractivity contribution in [3.63, 3.8) is 0 Å². The Morgan fingerprint density at radius 1 is 1.19 bits per heavy atom. The number of aliphatic carboxylic acids is 1. The number of alkyl halides is 3. The van der Waals surface area contributed by atoms with Crippen molar-refractivity contribution in [3.05, 3.63) is 71.1 Å². The number of hydrogen-bond acceptors (Lipinski definition) is 8. The van der Waals surface area contributed by atoms with Gasteiger partial charge in [0, 0.05) is 6.54 Å². The first-order chi connectivity index (χ1) is 17.0. The molecule has 1 amide bonds. The number of carbonyl (C=O) groups is 2. The molecule has 10 nitrogen and oxygen atoms in total. The van der Waals surface area contributed by atoms with Crippen LogP contribution < -0.4 is 10.1 Å². The zero-order valence-corrected chi connectivity index (χ0v) is 18.8. The third kappa shape index (κ3) is 6.96. The molecule has 0 radical (unpaired) electrons. The zero-order chi connectivity index (χ0) is 26.5. The van der Waals surface area contributed by atoms with Gasteiger partial charge in [-0.15, -0.1) is 0 Å². The summed E-state index contributed by atoms with van der Waals surface area (Å²) in [5.74, 6) is -2.31. The van der Waals surface area contributed by atoms with Crippen LogP contribution in [-0.2, 0) is 28.7 Å². The maximum Gasteiger partial charge on any atom is 0.416 e. The lowest BCUT2D eigenvalue weighted by Crippen LogP contribution is -2.33. The third-order valence-corrected chi connectivity index (χ3v) is 5.00. The van der Waals surface area contributed by atoms with Crippen molar-refractivity contribution >= 4 is 17.9 Å². The molecule has 36 heavy (non-hydrogen) atoms. The van der Waals surface area contributed by atoms with E-state index < -0.39 is 48.8 Å². The van der Waals surface area contributed by atoms with Crippen LogP contribution in [0.2, 0.25) is 0 Å². The van der Waals surface area contributed by atoms with Crippen molar-refractivity contribution in [2.75, 3.05) is 19.0 Å². The van der Waals surface area contributed by atoms with Gasteiger partial charge in [-0.1, -0.05) is 18.2 Å². The lowest BCUT2D eigenvalue weighted by molar-refractivity contribution is -0.142. The number of carboxylic acid groups (broad SMARTS) is 1. The van der Waals surface area contributed by atoms with E-state index in [-0.39, 0.29) is 29.4 Å². The number of methoxy groups -OCH3 is 1. The number of phenols is 1. The minimum atomic E-state index is -4.71. The van der Waals surface area contributed by atoms with E-state index in [1.807, 2.05) is 0 Å². The summed E-state index contributed by atoms with van der Waals surface area (Å²) in [7, 11) is 1.22. The number of amides is 1. The fourth-order valence-corrected chi connectivity index (χ4v) is 3.32. The van der Waals surface area contributed by atoms with Crippen LogP contribution >= 0.6 is 0 Å². The van der Waals surface area contributed by atoms with Gasteiger partial charge in [0.1, 0.15) is 11.5 Å². The number of halogens is 3. The predicted molar refractivity (Wildman–Crippen MR) is 118 cm³/mol. The first kappa shape index (κ1) is 26.5. The van der Waals surface area contributed by atoms with Crippen molar-refractivity contribution < 1.29 is 47.2 Å². The van der Waals surface area contributed by atoms with Gasteiger partial charge < -0.3 is 24.5 Å². The molecule has 1 atom stereocenters. The molecular formula is C23H22F3N3O7. The molecule has 0 aliphatic carbocycles. The molecule has 0 spiro atoms. The van der Waals surface area contributed by atoms with Gasteiger partial charge in [0.25, 0.3) is 0 Å². The molecule has 4 N–H and O–H groups in total. The quantitative estimate of drug-likeness (QED) is 0.303. The molecule has 1 aromatic heterocycles. The molecular weight excluding hydrogens is 487 g/mol. The molecule has 0 bridgehead atoms. The van der Waals surface area contributed by atoms with Crippen LogP contribution in [0.25, 0.3) is 0 Å². The maximum absolute atomic E-state index is 13.4. The van der Waals surface area contributed by atoms with E-state index in [2.05, 4.69) is 10.3 Å². The highest BCUT2D eigenvalue weighted by molar-refractivity contribution is 5.90. The van der Waals surface area contributed by atoms with Crippen LogP contribution in [0.4, 0.5) is 19.2 Å². The molecule has 0 aliphatic heterocycles. The summed E-state index contributed by atoms with van der Waals surface area (Å²) in [6.07, 6.45) is -5.88. The average molecular weight is 509 g/mol. The summed E-state index contributed by atoms with van der Waals surface area (Å²) < 4.78 is 50.2. The number of aromatic hydroxyl groups is 1. The number of nitrogens with one attached hydrogen (secondary N) is 1. The van der Waals surface area contributed by atoms with Crippen molar-refractivity contribution in [3.8, 4) is 11.5 Å². The van der Waals surface area contributed by atoms with E-state index in [0.717, 1.165) is 23.2 Å². The van der Waals surface area contributed by atoms with E-state index in [1.165, 1.54) is 37.4 Å². The van der Waals surface area contributed by atoms with E-state index in [4.69, 9.17) is 9.15 Å². The summed E-state index contributed by atoms with van der Waals surface area (Å²) in [5.41, 5.74) is -0.741. The summed E-state index contributed by atoms with van der Waals surface area (Å²) in [4.78, 5) is 28.6. The number of aromatic nitrogens is 1. The Kier molecular flexibility index (Phi) is 8.17. The van der Waals surface area contributed by atoms with Crippen molar-refractivity contribution in [2.24, 2.45) is 0 Å². The van der Waals surface area contributed by atoms with Gasteiger partial charge in [-0.3, -0.25) is 19.8 Å². The summed E-state index contributed by atoms with van der Waals surface area (Å²) in [6, 6.07) is 8.69. The molecule has 0 saturated carbocycles. The summed E-state index contributed by atoms with van der Waals surface area (Å²) in [6.45, 7) is -0.615. The molecule has 0 aliphatic rings. The van der Waals surface area contributed by atoms with Gasteiger partial charge >= 0.3 is 18.2 Å². The summed E-state index contributed by atoms with van der Waals surface area (Å²) >= 11 is 0. The zero-order valence-electron chi connectivity index (χ0n) is 18.8. The normalized spacial score (nSPS) is 12.4. The number of ether oxygens (including phenoxy) is 1. The van der Waals surface area contributed by atoms with Gasteiger partial charge in [0.05, 0.1) is 31.8 Å². The smallest absolute Gasteiger partial charge is 0.416 e. The number of benzene rings is 2. The second-order valence-corrected chi connectivity index (χ2v) is 7.65. The lowest BCUT2D eigenvalue weighted by Gasteiger charge is -2.24. The van der Waals surface area contributed by atoms with Crippen LogP contribution in [0.5, 0.6) is 11.5 Å². The van der Waals surface area contributed by atoms with E-state index in [1.54, 1.807) is 0 Å². The standard InChI is InChI=1S/C23H22F3N3O7/c1-35-16-7-4-14(17(9-16)23(24,25)26)8-19(31)28-22-27-10-18(36-22)21(34)29(12-20(32)33)11-13-2-5-15(30)6-3-13/h2-7,9-10,21,30,34H,8,11-12H2,1H3,(H,32,33)(H,27,28,31). The Morgan fingerprint density at radius 2 is 1.89 bits per heavy atom. The molecule has 3 rings (SSSR count). The third-order valence-electron chi connectivity index (χ3n) is 5.00. The van der Waals surface area contributed by atoms with Gasteiger partial charge in [-0.25, -0.2) is 4.98 Å². The number of aliphatic hydroxyl groups is 1. The maximum atomic E-state index is 13.4. The number of oxazole rings is 1. The Hall–Kier alpha value is -4.10. The molecule has 0 fully saturated rings. The molecule has 1 heterocycles. The highest BCUT2D eigenvalue weighted by atomic mass is 19.4. The number of anilines is 1. The second kappa shape index (κ2) is 11.1. The van der Waals surface area contributed by atoms with E-state index >= 15 is 0 Å². The lowest BCUT2D eigenvalue weighted by atomic mass is 10.0. The van der Waals surface area contributed by atoms with E-state index in [0.29, 0.717) is 5.56 Å². The minimum absolute atomic E-state index is 0.0108. The van der Waals surface area contributed by atoms with Crippen LogP contribution in [0.1, 0.15) is 28.7 Å². The first-order valence-corrected chi connectivity index (χ1v) is 10.4. The van der Waals surface area contributed by atoms with Crippen molar-refractivity contribution in [1.82, 2.24) is 9.88 Å². The number of aliphatic hydroxyl groups excluding tert-OH is 1. The monoisotopic (exact) mass is 509 g/mol. The number of hydrogen-bond donors (Lipinski definition) is 4. The fourth-order valence-electron chi connectivity index (χ4n) is 3.32. The number of carboxylic acids is 1. The molecule has 2 aromatic carbocycles. The number of phenolic OH excluding ortho intramolecular Hbond substituents is 1. The molecule has 192 valence electrons. The van der Waals surface area contributed by atoms with Crippen LogP contribution in [0.15, 0.2) is 53.1 Å². The Labute approximate surface area is 202 Å². The highest BCUT2D eigenvalue weighted by Gasteiger charge is 2.34. The number of rotatable bonds is 10. The Morgan fingerprint density at radius 3 is 2.50 bits per heavy atom. The molecule has 1 unspecified atom stereocenters. The highest BCUT2D eigenvalue weighted by Crippen LogP contribution is 2.35. The molecule has 13 heteroatoms. The Bertz CT molecular complexity index is 1210. The molecule has 3 aromatic rings. The SMILES string of the molecule is COc1ccc(CC(=O)Nc2ncc(C(O)N(CC(=O)O)Cc3ccc(O)cc3)o2)c(C(F)(F)F)c1. The van der Waals surface area contributed by atoms with Crippen molar-refractivity contribution in [2.45, 2.75) is 25.4 Å². The fraction of sp³-hybridized carbons (Fsp3) is 0.261. The molecule has 0 saturated heterocycles. The predicted octanol–water partition coefficient (Wildman–Crippen LogP) is 3.17. The Balaban J connectivity index is 1.71. The largest absolute Gasteiger partial charge is 0.508 e. The van der Waals surface area contributed by atoms with Gasteiger partial charge in [0.2, 0.25) is 5.91 Å². The number of carbonyl (C=O) groups excluding carboxylic acids is 1. The minimum Gasteiger partial charge on any atom is -0.508 e. The average Bonchev–Trinajstić information content (AvgIpc) is 3.27. The topological polar surface area (TPSA) is 145 Å². The van der Waals surface area contributed by atoms with E-state index in [9.17, 15) is 38.1 Å². The van der Waals surface area contributed by atoms with Crippen LogP contribution in [0, 0.1) is 0 Å². The second-order valence-electron chi connectivity index (χ2n) is 7.65. The first-order valence-electron chi connectivity index (χ1n) is 10.4. The van der Waals surface area contributed by atoms with Gasteiger partial charge in [-0.2, -0.15) is 13.2 Å². The van der Waals surface area contributed by atoms with Crippen LogP contribution in [-0.4, -0.2) is 50.7 Å². The van der Waals surface area contributed by atoms with Crippen molar-refractivity contribution in [1.29, 1.82) is 0 Å². The van der Waals surface area contributed by atoms with Crippen LogP contribution in [0.3, 0.4) is 0 Å². The van der Waals surface area contributed by atoms with Gasteiger partial charge in [-0.05, 0) is 35.4 Å². The summed E-state index contributed by atoms with van der Waals surface area (Å²) in [5, 5.41) is 31.4.